The number of rotatable bonds is 26. The molecule has 12 heteroatoms. The molecule has 0 aliphatic heterocycles. The van der Waals surface area contributed by atoms with Gasteiger partial charge in [0.05, 0.1) is 13.2 Å². The molecule has 4 N–H and O–H groups in total. The Morgan fingerprint density at radius 3 is 1.71 bits per heavy atom. The summed E-state index contributed by atoms with van der Waals surface area (Å²) >= 11 is 0. The minimum absolute atomic E-state index is 0.115. The molecule has 3 atom stereocenters. The van der Waals surface area contributed by atoms with Crippen molar-refractivity contribution in [2.24, 2.45) is 5.73 Å². The van der Waals surface area contributed by atoms with Crippen LogP contribution in [0.1, 0.15) is 117 Å². The Morgan fingerprint density at radius 2 is 1.21 bits per heavy atom. The van der Waals surface area contributed by atoms with E-state index in [1.807, 2.05) is 0 Å². The standard InChI is InChI=1S/C26H50NO10P/c1-3-5-6-7-8-9-10-11-12-13-14-15-16-18-24(28)34-19-22(37-25(29)17-4-2)20-35-38(32,33)36-21-23(27)26(30)31/h22-23H,3-21,27H2,1-2H3,(H,30,31)(H,32,33)/t22-,23+/m1/s1. The first-order valence-electron chi connectivity index (χ1n) is 14.1. The number of esters is 2. The molecule has 0 aromatic rings. The van der Waals surface area contributed by atoms with Crippen LogP contribution >= 0.6 is 7.82 Å². The molecule has 0 heterocycles. The molecule has 0 saturated carbocycles. The van der Waals surface area contributed by atoms with Crippen LogP contribution < -0.4 is 5.73 Å². The van der Waals surface area contributed by atoms with E-state index >= 15 is 0 Å². The maximum Gasteiger partial charge on any atom is 0.472 e. The Bertz CT molecular complexity index is 691. The molecule has 0 rings (SSSR count). The normalized spacial score (nSPS) is 14.4. The van der Waals surface area contributed by atoms with Crippen molar-refractivity contribution in [1.82, 2.24) is 0 Å². The van der Waals surface area contributed by atoms with Gasteiger partial charge < -0.3 is 25.2 Å². The maximum absolute atomic E-state index is 12.1. The van der Waals surface area contributed by atoms with Gasteiger partial charge in [-0.1, -0.05) is 90.9 Å². The van der Waals surface area contributed by atoms with Crippen LogP contribution in [0.25, 0.3) is 0 Å². The van der Waals surface area contributed by atoms with Crippen LogP contribution in [0.2, 0.25) is 0 Å². The number of aliphatic carboxylic acids is 1. The third kappa shape index (κ3) is 22.5. The fraction of sp³-hybridized carbons (Fsp3) is 0.885. The average Bonchev–Trinajstić information content (AvgIpc) is 2.87. The van der Waals surface area contributed by atoms with Crippen molar-refractivity contribution in [1.29, 1.82) is 0 Å². The molecule has 0 aliphatic rings. The Morgan fingerprint density at radius 1 is 0.711 bits per heavy atom. The fourth-order valence-corrected chi connectivity index (χ4v) is 4.35. The van der Waals surface area contributed by atoms with Crippen molar-refractivity contribution in [2.45, 2.75) is 129 Å². The summed E-state index contributed by atoms with van der Waals surface area (Å²) in [7, 11) is -4.67. The number of carboxylic acid groups (broad SMARTS) is 1. The van der Waals surface area contributed by atoms with Crippen LogP contribution in [0, 0.1) is 0 Å². The van der Waals surface area contributed by atoms with Gasteiger partial charge in [0.1, 0.15) is 12.6 Å². The van der Waals surface area contributed by atoms with Gasteiger partial charge in [-0.2, -0.15) is 0 Å². The summed E-state index contributed by atoms with van der Waals surface area (Å²) in [6.45, 7) is 2.33. The van der Waals surface area contributed by atoms with Gasteiger partial charge in [0, 0.05) is 12.8 Å². The minimum Gasteiger partial charge on any atom is -0.480 e. The van der Waals surface area contributed by atoms with E-state index in [0.717, 1.165) is 19.3 Å². The molecule has 0 saturated heterocycles. The van der Waals surface area contributed by atoms with Gasteiger partial charge in [0.2, 0.25) is 0 Å². The van der Waals surface area contributed by atoms with Gasteiger partial charge in [-0.25, -0.2) is 4.57 Å². The monoisotopic (exact) mass is 567 g/mol. The van der Waals surface area contributed by atoms with Crippen LogP contribution in [-0.4, -0.2) is 59.9 Å². The quantitative estimate of drug-likeness (QED) is 0.0706. The van der Waals surface area contributed by atoms with Crippen LogP contribution in [0.3, 0.4) is 0 Å². The Balaban J connectivity index is 4.16. The largest absolute Gasteiger partial charge is 0.480 e. The van der Waals surface area contributed by atoms with E-state index in [9.17, 15) is 23.8 Å². The number of hydrogen-bond acceptors (Lipinski definition) is 9. The second-order valence-electron chi connectivity index (χ2n) is 9.54. The SMILES string of the molecule is CCCCCCCCCCCCCCCC(=O)OC[C@H](COP(=O)(O)OC[C@H](N)C(=O)O)OC(=O)CCC. The van der Waals surface area contributed by atoms with Gasteiger partial charge in [-0.05, 0) is 12.8 Å². The van der Waals surface area contributed by atoms with E-state index in [1.54, 1.807) is 6.92 Å². The van der Waals surface area contributed by atoms with Crippen LogP contribution in [0.15, 0.2) is 0 Å². The van der Waals surface area contributed by atoms with Gasteiger partial charge in [-0.3, -0.25) is 23.4 Å². The number of phosphoric ester groups is 1. The summed E-state index contributed by atoms with van der Waals surface area (Å²) < 4.78 is 31.6. The molecule has 1 unspecified atom stereocenters. The summed E-state index contributed by atoms with van der Waals surface area (Å²) in [5.41, 5.74) is 5.23. The van der Waals surface area contributed by atoms with E-state index < -0.39 is 51.1 Å². The number of nitrogens with two attached hydrogens (primary N) is 1. The first-order valence-corrected chi connectivity index (χ1v) is 15.6. The highest BCUT2D eigenvalue weighted by molar-refractivity contribution is 7.47. The van der Waals surface area contributed by atoms with Gasteiger partial charge >= 0.3 is 25.7 Å². The van der Waals surface area contributed by atoms with Gasteiger partial charge in [0.25, 0.3) is 0 Å². The zero-order chi connectivity index (χ0) is 28.7. The molecule has 11 nitrogen and oxygen atoms in total. The van der Waals surface area contributed by atoms with Crippen molar-refractivity contribution in [2.75, 3.05) is 19.8 Å². The second kappa shape index (κ2) is 23.4. The maximum atomic E-state index is 12.1. The fourth-order valence-electron chi connectivity index (χ4n) is 3.57. The van der Waals surface area contributed by atoms with Crippen LogP contribution in [-0.2, 0) is 37.5 Å². The molecular formula is C26H50NO10P. The first kappa shape index (κ1) is 36.5. The second-order valence-corrected chi connectivity index (χ2v) is 11.0. The van der Waals surface area contributed by atoms with Gasteiger partial charge in [-0.15, -0.1) is 0 Å². The number of ether oxygens (including phenoxy) is 2. The molecule has 0 amide bonds. The number of carbonyl (C=O) groups is 3. The zero-order valence-corrected chi connectivity index (χ0v) is 24.2. The van der Waals surface area contributed by atoms with E-state index in [4.69, 9.17) is 24.8 Å². The number of hydrogen-bond donors (Lipinski definition) is 3. The molecule has 224 valence electrons. The van der Waals surface area contributed by atoms with Crippen molar-refractivity contribution in [3.05, 3.63) is 0 Å². The Hall–Kier alpha value is -1.52. The van der Waals surface area contributed by atoms with Gasteiger partial charge in [0.15, 0.2) is 6.10 Å². The molecule has 0 aliphatic carbocycles. The lowest BCUT2D eigenvalue weighted by molar-refractivity contribution is -0.161. The predicted octanol–water partition coefficient (Wildman–Crippen LogP) is 5.27. The van der Waals surface area contributed by atoms with E-state index in [0.29, 0.717) is 12.8 Å². The zero-order valence-electron chi connectivity index (χ0n) is 23.3. The Labute approximate surface area is 227 Å². The lowest BCUT2D eigenvalue weighted by Crippen LogP contribution is -2.34. The lowest BCUT2D eigenvalue weighted by Gasteiger charge is -2.20. The smallest absolute Gasteiger partial charge is 0.472 e. The first-order chi connectivity index (χ1) is 18.1. The molecular weight excluding hydrogens is 517 g/mol. The molecule has 0 aromatic carbocycles. The van der Waals surface area contributed by atoms with Crippen LogP contribution in [0.4, 0.5) is 0 Å². The molecule has 0 fully saturated rings. The highest BCUT2D eigenvalue weighted by atomic mass is 31.2. The highest BCUT2D eigenvalue weighted by Crippen LogP contribution is 2.43. The van der Waals surface area contributed by atoms with Crippen molar-refractivity contribution in [3.8, 4) is 0 Å². The topological polar surface area (TPSA) is 172 Å². The van der Waals surface area contributed by atoms with E-state index in [-0.39, 0.29) is 19.4 Å². The van der Waals surface area contributed by atoms with Crippen molar-refractivity contribution >= 4 is 25.7 Å². The third-order valence-electron chi connectivity index (χ3n) is 5.82. The van der Waals surface area contributed by atoms with E-state index in [2.05, 4.69) is 11.4 Å². The molecule has 0 radical (unpaired) electrons. The summed E-state index contributed by atoms with van der Waals surface area (Å²) in [6.07, 6.45) is 15.3. The molecule has 0 aromatic heterocycles. The summed E-state index contributed by atoms with van der Waals surface area (Å²) in [4.78, 5) is 44.4. The summed E-state index contributed by atoms with van der Waals surface area (Å²) in [5, 5.41) is 8.72. The minimum atomic E-state index is -4.67. The summed E-state index contributed by atoms with van der Waals surface area (Å²) in [6, 6.07) is -1.51. The molecule has 0 bridgehead atoms. The van der Waals surface area contributed by atoms with Crippen molar-refractivity contribution < 1.29 is 47.5 Å². The molecule has 0 spiro atoms. The average molecular weight is 568 g/mol. The summed E-state index contributed by atoms with van der Waals surface area (Å²) in [5.74, 6) is -2.44. The number of unbranched alkanes of at least 4 members (excludes halogenated alkanes) is 12. The van der Waals surface area contributed by atoms with E-state index in [1.165, 1.54) is 57.8 Å². The molecule has 38 heavy (non-hydrogen) atoms. The number of carboxylic acids is 1. The van der Waals surface area contributed by atoms with Crippen LogP contribution in [0.5, 0.6) is 0 Å². The lowest BCUT2D eigenvalue weighted by atomic mass is 10.0. The number of carbonyl (C=O) groups excluding carboxylic acids is 2. The Kier molecular flexibility index (Phi) is 22.4. The predicted molar refractivity (Wildman–Crippen MR) is 143 cm³/mol. The third-order valence-corrected chi connectivity index (χ3v) is 6.78. The number of phosphoric acid groups is 1. The highest BCUT2D eigenvalue weighted by Gasteiger charge is 2.28. The van der Waals surface area contributed by atoms with Crippen molar-refractivity contribution in [3.63, 3.8) is 0 Å².